The summed E-state index contributed by atoms with van der Waals surface area (Å²) < 4.78 is 18.8. The summed E-state index contributed by atoms with van der Waals surface area (Å²) in [6, 6.07) is 20.5. The van der Waals surface area contributed by atoms with Gasteiger partial charge in [0.1, 0.15) is 17.3 Å². The topological polar surface area (TPSA) is 66.8 Å². The van der Waals surface area contributed by atoms with E-state index in [-0.39, 0.29) is 11.1 Å². The third-order valence-corrected chi connectivity index (χ3v) is 4.27. The van der Waals surface area contributed by atoms with Crippen molar-refractivity contribution in [1.82, 2.24) is 0 Å². The van der Waals surface area contributed by atoms with Crippen molar-refractivity contribution in [2.75, 3.05) is 4.90 Å². The van der Waals surface area contributed by atoms with Crippen LogP contribution in [-0.2, 0) is 9.59 Å². The number of hydrogen-bond donors (Lipinski definition) is 1. The lowest BCUT2D eigenvalue weighted by Gasteiger charge is -2.15. The summed E-state index contributed by atoms with van der Waals surface area (Å²) >= 11 is 0. The van der Waals surface area contributed by atoms with Crippen molar-refractivity contribution < 1.29 is 23.8 Å². The molecule has 1 N–H and O–H groups in total. The molecule has 0 aliphatic carbocycles. The molecule has 0 saturated heterocycles. The third-order valence-electron chi connectivity index (χ3n) is 4.27. The first kappa shape index (κ1) is 17.5. The van der Waals surface area contributed by atoms with Crippen molar-refractivity contribution in [1.29, 1.82) is 0 Å². The molecule has 0 radical (unpaired) electrons. The lowest BCUT2D eigenvalue weighted by molar-refractivity contribution is -0.121. The minimum Gasteiger partial charge on any atom is -0.502 e. The van der Waals surface area contributed by atoms with E-state index in [9.17, 15) is 19.1 Å². The molecule has 1 aliphatic heterocycles. The average molecular weight is 375 g/mol. The summed E-state index contributed by atoms with van der Waals surface area (Å²) in [5.41, 5.74) is 0.400. The summed E-state index contributed by atoms with van der Waals surface area (Å²) in [5.74, 6) is -1.47. The lowest BCUT2D eigenvalue weighted by Crippen LogP contribution is -2.31. The van der Waals surface area contributed by atoms with Gasteiger partial charge in [-0.05, 0) is 54.1 Å². The summed E-state index contributed by atoms with van der Waals surface area (Å²) in [7, 11) is 0. The van der Waals surface area contributed by atoms with Crippen molar-refractivity contribution in [3.63, 3.8) is 0 Å². The van der Waals surface area contributed by atoms with Gasteiger partial charge in [0.25, 0.3) is 5.91 Å². The molecular weight excluding hydrogens is 361 g/mol. The zero-order valence-electron chi connectivity index (χ0n) is 14.5. The van der Waals surface area contributed by atoms with Crippen LogP contribution in [0.5, 0.6) is 11.5 Å². The number of anilines is 1. The number of benzene rings is 3. The Morgan fingerprint density at radius 3 is 2.00 bits per heavy atom. The molecule has 0 bridgehead atoms. The van der Waals surface area contributed by atoms with Crippen molar-refractivity contribution in [2.24, 2.45) is 0 Å². The molecule has 2 amide bonds. The van der Waals surface area contributed by atoms with E-state index in [0.717, 1.165) is 17.0 Å². The number of nitrogens with zero attached hydrogens (tertiary/aromatic N) is 1. The minimum atomic E-state index is -0.832. The van der Waals surface area contributed by atoms with Crippen molar-refractivity contribution in [3.05, 3.63) is 96.0 Å². The molecule has 4 rings (SSSR count). The van der Waals surface area contributed by atoms with Crippen molar-refractivity contribution in [3.8, 4) is 11.5 Å². The van der Waals surface area contributed by atoms with Gasteiger partial charge in [0.15, 0.2) is 5.76 Å². The smallest absolute Gasteiger partial charge is 0.301 e. The molecule has 0 aromatic heterocycles. The number of aliphatic hydroxyl groups is 1. The van der Waals surface area contributed by atoms with Crippen LogP contribution < -0.4 is 9.64 Å². The standard InChI is InChI=1S/C22H14FNO4/c23-15-8-6-14(7-9-15)19-20(25)22(27)24(21(19)26)16-10-12-18(13-11-16)28-17-4-2-1-3-5-17/h1-13,25H. The van der Waals surface area contributed by atoms with Crippen LogP contribution in [0.15, 0.2) is 84.6 Å². The SMILES string of the molecule is O=C1C(O)=C(c2ccc(F)cc2)C(=O)N1c1ccc(Oc2ccccc2)cc1. The quantitative estimate of drug-likeness (QED) is 0.684. The number of para-hydroxylation sites is 1. The summed E-state index contributed by atoms with van der Waals surface area (Å²) in [6.07, 6.45) is 0. The first-order chi connectivity index (χ1) is 13.5. The van der Waals surface area contributed by atoms with Gasteiger partial charge in [0, 0.05) is 0 Å². The van der Waals surface area contributed by atoms with Crippen LogP contribution >= 0.6 is 0 Å². The number of amides is 2. The highest BCUT2D eigenvalue weighted by Crippen LogP contribution is 2.33. The van der Waals surface area contributed by atoms with E-state index in [0.29, 0.717) is 17.2 Å². The molecule has 0 saturated carbocycles. The highest BCUT2D eigenvalue weighted by molar-refractivity contribution is 6.44. The molecule has 1 aliphatic rings. The minimum absolute atomic E-state index is 0.158. The zero-order valence-corrected chi connectivity index (χ0v) is 14.5. The number of carbonyl (C=O) groups excluding carboxylic acids is 2. The predicted octanol–water partition coefficient (Wildman–Crippen LogP) is 4.46. The van der Waals surface area contributed by atoms with Crippen molar-refractivity contribution in [2.45, 2.75) is 0 Å². The Labute approximate surface area is 159 Å². The van der Waals surface area contributed by atoms with E-state index < -0.39 is 23.4 Å². The number of carbonyl (C=O) groups is 2. The van der Waals surface area contributed by atoms with E-state index in [4.69, 9.17) is 4.74 Å². The monoisotopic (exact) mass is 375 g/mol. The van der Waals surface area contributed by atoms with Gasteiger partial charge >= 0.3 is 5.91 Å². The second kappa shape index (κ2) is 7.00. The summed E-state index contributed by atoms with van der Waals surface area (Å²) in [4.78, 5) is 26.1. The van der Waals surface area contributed by atoms with Gasteiger partial charge in [-0.3, -0.25) is 9.59 Å². The molecule has 3 aromatic rings. The average Bonchev–Trinajstić information content (AvgIpc) is 2.93. The normalized spacial score (nSPS) is 14.0. The van der Waals surface area contributed by atoms with Gasteiger partial charge in [0.2, 0.25) is 0 Å². The van der Waals surface area contributed by atoms with E-state index in [1.807, 2.05) is 18.2 Å². The maximum absolute atomic E-state index is 13.1. The molecule has 0 atom stereocenters. The van der Waals surface area contributed by atoms with Gasteiger partial charge in [-0.1, -0.05) is 30.3 Å². The maximum Gasteiger partial charge on any atom is 0.301 e. The van der Waals surface area contributed by atoms with Crippen LogP contribution in [-0.4, -0.2) is 16.9 Å². The fourth-order valence-corrected chi connectivity index (χ4v) is 2.92. The molecule has 28 heavy (non-hydrogen) atoms. The molecule has 1 heterocycles. The first-order valence-electron chi connectivity index (χ1n) is 8.45. The van der Waals surface area contributed by atoms with Gasteiger partial charge in [-0.15, -0.1) is 0 Å². The van der Waals surface area contributed by atoms with Crippen LogP contribution in [0.3, 0.4) is 0 Å². The fourth-order valence-electron chi connectivity index (χ4n) is 2.92. The Balaban J connectivity index is 1.59. The lowest BCUT2D eigenvalue weighted by atomic mass is 10.1. The molecule has 0 spiro atoms. The predicted molar refractivity (Wildman–Crippen MR) is 101 cm³/mol. The Bertz CT molecular complexity index is 1070. The van der Waals surface area contributed by atoms with E-state index in [1.54, 1.807) is 36.4 Å². The van der Waals surface area contributed by atoms with Crippen LogP contribution in [0.1, 0.15) is 5.56 Å². The van der Waals surface area contributed by atoms with Crippen LogP contribution in [0.4, 0.5) is 10.1 Å². The fraction of sp³-hybridized carbons (Fsp3) is 0. The third kappa shape index (κ3) is 3.12. The Hall–Kier alpha value is -3.93. The Morgan fingerprint density at radius 1 is 0.750 bits per heavy atom. The van der Waals surface area contributed by atoms with Crippen LogP contribution in [0.25, 0.3) is 5.57 Å². The molecular formula is C22H14FNO4. The van der Waals surface area contributed by atoms with Crippen LogP contribution in [0, 0.1) is 5.82 Å². The molecule has 0 unspecified atom stereocenters. The van der Waals surface area contributed by atoms with E-state index in [1.165, 1.54) is 12.1 Å². The molecule has 6 heteroatoms. The van der Waals surface area contributed by atoms with Crippen LogP contribution in [0.2, 0.25) is 0 Å². The summed E-state index contributed by atoms with van der Waals surface area (Å²) in [6.45, 7) is 0. The molecule has 0 fully saturated rings. The highest BCUT2D eigenvalue weighted by Gasteiger charge is 2.40. The van der Waals surface area contributed by atoms with Gasteiger partial charge < -0.3 is 9.84 Å². The Kier molecular flexibility index (Phi) is 4.37. The highest BCUT2D eigenvalue weighted by atomic mass is 19.1. The van der Waals surface area contributed by atoms with Gasteiger partial charge in [-0.2, -0.15) is 0 Å². The first-order valence-corrected chi connectivity index (χ1v) is 8.45. The zero-order chi connectivity index (χ0) is 19.7. The maximum atomic E-state index is 13.1. The Morgan fingerprint density at radius 2 is 1.36 bits per heavy atom. The number of rotatable bonds is 4. The summed E-state index contributed by atoms with van der Waals surface area (Å²) in [5, 5.41) is 10.2. The largest absolute Gasteiger partial charge is 0.502 e. The molecule has 5 nitrogen and oxygen atoms in total. The second-order valence-electron chi connectivity index (χ2n) is 6.09. The molecule has 3 aromatic carbocycles. The van der Waals surface area contributed by atoms with Gasteiger partial charge in [-0.25, -0.2) is 9.29 Å². The van der Waals surface area contributed by atoms with E-state index in [2.05, 4.69) is 0 Å². The number of hydrogen-bond acceptors (Lipinski definition) is 4. The second-order valence-corrected chi connectivity index (χ2v) is 6.09. The number of ether oxygens (including phenoxy) is 1. The van der Waals surface area contributed by atoms with Gasteiger partial charge in [0.05, 0.1) is 11.3 Å². The number of halogens is 1. The van der Waals surface area contributed by atoms with Crippen molar-refractivity contribution >= 4 is 23.1 Å². The molecule has 138 valence electrons. The number of aliphatic hydroxyl groups excluding tert-OH is 1. The van der Waals surface area contributed by atoms with E-state index >= 15 is 0 Å². The number of imide groups is 1.